The van der Waals surface area contributed by atoms with E-state index in [1.165, 1.54) is 17.3 Å². The van der Waals surface area contributed by atoms with E-state index in [-0.39, 0.29) is 5.75 Å². The number of nitrogens with zero attached hydrogens (tertiary/aromatic N) is 1. The molecule has 0 aliphatic heterocycles. The zero-order valence-electron chi connectivity index (χ0n) is 11.0. The molecule has 19 heavy (non-hydrogen) atoms. The Kier molecular flexibility index (Phi) is 4.27. The number of thioether (sulfide) groups is 1. The molecule has 0 aliphatic rings. The average molecular weight is 277 g/mol. The Balaban J connectivity index is 2.22. The van der Waals surface area contributed by atoms with Gasteiger partial charge in [0.25, 0.3) is 0 Å². The van der Waals surface area contributed by atoms with Crippen LogP contribution in [0.4, 0.5) is 0 Å². The molecule has 0 unspecified atom stereocenters. The van der Waals surface area contributed by atoms with E-state index in [9.17, 15) is 4.79 Å². The Morgan fingerprint density at radius 2 is 2.05 bits per heavy atom. The van der Waals surface area contributed by atoms with Crippen molar-refractivity contribution < 1.29 is 14.5 Å². The van der Waals surface area contributed by atoms with Crippen LogP contribution in [0, 0.1) is 0 Å². The van der Waals surface area contributed by atoms with Gasteiger partial charge in [-0.25, -0.2) is 4.98 Å². The van der Waals surface area contributed by atoms with E-state index < -0.39 is 5.97 Å². The summed E-state index contributed by atoms with van der Waals surface area (Å²) in [6.07, 6.45) is 3.70. The van der Waals surface area contributed by atoms with E-state index in [0.29, 0.717) is 5.92 Å². The Morgan fingerprint density at radius 3 is 2.63 bits per heavy atom. The summed E-state index contributed by atoms with van der Waals surface area (Å²) in [5.74, 6) is -0.266. The van der Waals surface area contributed by atoms with Crippen molar-refractivity contribution in [1.82, 2.24) is 4.98 Å². The molecule has 0 saturated carbocycles. The number of hydrogen-bond donors (Lipinski definition) is 2. The highest BCUT2D eigenvalue weighted by atomic mass is 32.2. The van der Waals surface area contributed by atoms with Gasteiger partial charge in [-0.2, -0.15) is 4.57 Å². The molecule has 100 valence electrons. The molecule has 0 spiro atoms. The average Bonchev–Trinajstić information content (AvgIpc) is 2.84. The maximum Gasteiger partial charge on any atom is 0.321 e. The molecule has 0 atom stereocenters. The highest BCUT2D eigenvalue weighted by Crippen LogP contribution is 2.17. The molecule has 5 heteroatoms. The second kappa shape index (κ2) is 5.93. The summed E-state index contributed by atoms with van der Waals surface area (Å²) in [7, 11) is 0. The Labute approximate surface area is 116 Å². The molecule has 0 amide bonds. The van der Waals surface area contributed by atoms with Gasteiger partial charge in [0.1, 0.15) is 23.8 Å². The maximum atomic E-state index is 10.6. The SMILES string of the molecule is CC(C)c1ccc(-[n+]2cc[nH]c2SCC(=O)O)cc1. The lowest BCUT2D eigenvalue weighted by Crippen LogP contribution is -2.30. The number of hydrogen-bond acceptors (Lipinski definition) is 2. The lowest BCUT2D eigenvalue weighted by atomic mass is 10.0. The normalized spacial score (nSPS) is 10.9. The van der Waals surface area contributed by atoms with Gasteiger partial charge in [-0.05, 0) is 35.4 Å². The van der Waals surface area contributed by atoms with Crippen molar-refractivity contribution in [2.24, 2.45) is 0 Å². The summed E-state index contributed by atoms with van der Waals surface area (Å²) < 4.78 is 1.96. The van der Waals surface area contributed by atoms with Gasteiger partial charge < -0.3 is 5.11 Å². The van der Waals surface area contributed by atoms with E-state index in [2.05, 4.69) is 31.0 Å². The van der Waals surface area contributed by atoms with Crippen LogP contribution in [-0.2, 0) is 4.79 Å². The Hall–Kier alpha value is -1.75. The van der Waals surface area contributed by atoms with Crippen molar-refractivity contribution in [2.45, 2.75) is 24.9 Å². The smallest absolute Gasteiger partial charge is 0.321 e. The summed E-state index contributed by atoms with van der Waals surface area (Å²) in [5, 5.41) is 9.55. The molecule has 1 heterocycles. The van der Waals surface area contributed by atoms with Crippen molar-refractivity contribution in [2.75, 3.05) is 5.75 Å². The van der Waals surface area contributed by atoms with Gasteiger partial charge in [-0.1, -0.05) is 26.0 Å². The van der Waals surface area contributed by atoms with Gasteiger partial charge >= 0.3 is 11.1 Å². The first-order valence-electron chi connectivity index (χ1n) is 6.12. The number of aliphatic carboxylic acids is 1. The van der Waals surface area contributed by atoms with E-state index in [1.807, 2.05) is 22.9 Å². The molecule has 4 nitrogen and oxygen atoms in total. The number of carboxylic acid groups (broad SMARTS) is 1. The van der Waals surface area contributed by atoms with Crippen LogP contribution in [0.5, 0.6) is 0 Å². The molecule has 0 saturated heterocycles. The van der Waals surface area contributed by atoms with Gasteiger partial charge in [0.05, 0.1) is 0 Å². The van der Waals surface area contributed by atoms with Gasteiger partial charge in [0.15, 0.2) is 0 Å². The summed E-state index contributed by atoms with van der Waals surface area (Å²) in [6, 6.07) is 8.30. The molecule has 0 bridgehead atoms. The van der Waals surface area contributed by atoms with Crippen LogP contribution >= 0.6 is 11.8 Å². The number of aromatic nitrogens is 2. The highest BCUT2D eigenvalue weighted by molar-refractivity contribution is 7.99. The molecule has 0 aliphatic carbocycles. The largest absolute Gasteiger partial charge is 0.481 e. The fourth-order valence-corrected chi connectivity index (χ4v) is 2.50. The monoisotopic (exact) mass is 277 g/mol. The van der Waals surface area contributed by atoms with Crippen LogP contribution in [0.15, 0.2) is 41.8 Å². The number of nitrogens with one attached hydrogen (secondary N) is 1. The lowest BCUT2D eigenvalue weighted by Gasteiger charge is -2.05. The third-order valence-electron chi connectivity index (χ3n) is 2.82. The summed E-state index contributed by atoms with van der Waals surface area (Å²) in [6.45, 7) is 4.32. The first-order valence-corrected chi connectivity index (χ1v) is 7.10. The fraction of sp³-hybridized carbons (Fsp3) is 0.286. The van der Waals surface area contributed by atoms with Crippen molar-refractivity contribution >= 4 is 17.7 Å². The standard InChI is InChI=1S/C14H16N2O2S/c1-10(2)11-3-5-12(6-4-11)16-8-7-15-14(16)19-9-13(17)18/h3-8,10H,9H2,1-2H3,(H,17,18)/p+1. The molecule has 0 fully saturated rings. The van der Waals surface area contributed by atoms with Crippen LogP contribution in [0.1, 0.15) is 25.3 Å². The molecule has 2 aromatic rings. The Bertz CT molecular complexity index is 561. The van der Waals surface area contributed by atoms with Gasteiger partial charge in [-0.3, -0.25) is 4.79 Å². The Morgan fingerprint density at radius 1 is 1.37 bits per heavy atom. The molecule has 0 radical (unpaired) electrons. The number of imidazole rings is 1. The number of carbonyl (C=O) groups is 1. The predicted molar refractivity (Wildman–Crippen MR) is 74.8 cm³/mol. The van der Waals surface area contributed by atoms with Crippen molar-refractivity contribution in [1.29, 1.82) is 0 Å². The van der Waals surface area contributed by atoms with Crippen molar-refractivity contribution in [3.05, 3.63) is 42.2 Å². The van der Waals surface area contributed by atoms with E-state index in [4.69, 9.17) is 5.11 Å². The lowest BCUT2D eigenvalue weighted by molar-refractivity contribution is -0.635. The molecule has 1 aromatic heterocycles. The van der Waals surface area contributed by atoms with Gasteiger partial charge in [-0.15, -0.1) is 0 Å². The third-order valence-corrected chi connectivity index (χ3v) is 3.80. The van der Waals surface area contributed by atoms with E-state index >= 15 is 0 Å². The first kappa shape index (κ1) is 13.7. The van der Waals surface area contributed by atoms with E-state index in [0.717, 1.165) is 10.8 Å². The molecular formula is C14H17N2O2S+. The predicted octanol–water partition coefficient (Wildman–Crippen LogP) is 2.59. The minimum atomic E-state index is -0.818. The number of aromatic amines is 1. The zero-order valence-corrected chi connectivity index (χ0v) is 11.8. The van der Waals surface area contributed by atoms with Crippen LogP contribution in [0.2, 0.25) is 0 Å². The minimum absolute atomic E-state index is 0.0462. The summed E-state index contributed by atoms with van der Waals surface area (Å²) in [4.78, 5) is 13.7. The molecule has 2 rings (SSSR count). The number of rotatable bonds is 5. The van der Waals surface area contributed by atoms with Crippen LogP contribution in [-0.4, -0.2) is 21.8 Å². The summed E-state index contributed by atoms with van der Waals surface area (Å²) >= 11 is 1.28. The number of H-pyrrole nitrogens is 1. The molecular weight excluding hydrogens is 260 g/mol. The number of carboxylic acids is 1. The molecule has 2 N–H and O–H groups in total. The second-order valence-corrected chi connectivity index (χ2v) is 5.53. The maximum absolute atomic E-state index is 10.6. The molecule has 1 aromatic carbocycles. The number of benzene rings is 1. The fourth-order valence-electron chi connectivity index (χ4n) is 1.78. The van der Waals surface area contributed by atoms with Crippen molar-refractivity contribution in [3.8, 4) is 5.69 Å². The van der Waals surface area contributed by atoms with Crippen LogP contribution in [0.3, 0.4) is 0 Å². The van der Waals surface area contributed by atoms with Crippen molar-refractivity contribution in [3.63, 3.8) is 0 Å². The zero-order chi connectivity index (χ0) is 13.8. The minimum Gasteiger partial charge on any atom is -0.481 e. The third kappa shape index (κ3) is 3.38. The van der Waals surface area contributed by atoms with Crippen LogP contribution < -0.4 is 4.57 Å². The van der Waals surface area contributed by atoms with E-state index in [1.54, 1.807) is 6.20 Å². The van der Waals surface area contributed by atoms with Gasteiger partial charge in [0, 0.05) is 0 Å². The first-order chi connectivity index (χ1) is 9.08. The quantitative estimate of drug-likeness (QED) is 0.652. The second-order valence-electron chi connectivity index (χ2n) is 4.56. The van der Waals surface area contributed by atoms with Crippen LogP contribution in [0.25, 0.3) is 5.69 Å². The highest BCUT2D eigenvalue weighted by Gasteiger charge is 2.15. The van der Waals surface area contributed by atoms with Gasteiger partial charge in [0.2, 0.25) is 0 Å². The summed E-state index contributed by atoms with van der Waals surface area (Å²) in [5.41, 5.74) is 2.32. The topological polar surface area (TPSA) is 57.0 Å².